The lowest BCUT2D eigenvalue weighted by atomic mass is 10.2. The van der Waals surface area contributed by atoms with Crippen LogP contribution in [-0.4, -0.2) is 13.1 Å². The molecule has 0 amide bonds. The highest BCUT2D eigenvalue weighted by Gasteiger charge is 2.05. The summed E-state index contributed by atoms with van der Waals surface area (Å²) in [4.78, 5) is 10.8. The Morgan fingerprint density at radius 2 is 2.42 bits per heavy atom. The van der Waals surface area contributed by atoms with Crippen molar-refractivity contribution in [3.8, 4) is 0 Å². The van der Waals surface area contributed by atoms with Crippen LogP contribution in [0.1, 0.15) is 18.2 Å². The minimum absolute atomic E-state index is 0.238. The normalized spacial score (nSPS) is 9.83. The number of hydrogen-bond donors (Lipinski definition) is 0. The summed E-state index contributed by atoms with van der Waals surface area (Å²) in [6, 6.07) is 1.87. The molecule has 0 aliphatic rings. The summed E-state index contributed by atoms with van der Waals surface area (Å²) in [6.07, 6.45) is 2.73. The van der Waals surface area contributed by atoms with Crippen LogP contribution in [-0.2, 0) is 22.4 Å². The second kappa shape index (κ2) is 3.95. The van der Waals surface area contributed by atoms with Gasteiger partial charge in [-0.3, -0.25) is 4.79 Å². The number of hydrogen-bond acceptors (Lipinski definition) is 3. The summed E-state index contributed by atoms with van der Waals surface area (Å²) < 4.78 is 9.67. The van der Waals surface area contributed by atoms with Crippen LogP contribution in [0.3, 0.4) is 0 Å². The van der Waals surface area contributed by atoms with Gasteiger partial charge < -0.3 is 9.15 Å². The molecule has 3 nitrogen and oxygen atoms in total. The second-order valence-corrected chi connectivity index (χ2v) is 2.53. The number of ether oxygens (including phenoxy) is 1. The summed E-state index contributed by atoms with van der Waals surface area (Å²) >= 11 is 0. The molecule has 1 heterocycles. The lowest BCUT2D eigenvalue weighted by molar-refractivity contribution is -0.139. The van der Waals surface area contributed by atoms with E-state index in [-0.39, 0.29) is 5.97 Å². The first-order valence-electron chi connectivity index (χ1n) is 3.89. The molecule has 0 aromatic carbocycles. The Balaban J connectivity index is 2.58. The highest BCUT2D eigenvalue weighted by Crippen LogP contribution is 2.09. The maximum absolute atomic E-state index is 10.8. The van der Waals surface area contributed by atoms with Crippen molar-refractivity contribution >= 4 is 5.97 Å². The summed E-state index contributed by atoms with van der Waals surface area (Å²) in [5.41, 5.74) is 0.874. The molecule has 1 rings (SSSR count). The molecule has 0 N–H and O–H groups in total. The van der Waals surface area contributed by atoms with Gasteiger partial charge in [0, 0.05) is 12.0 Å². The number of furan rings is 1. The van der Waals surface area contributed by atoms with Crippen molar-refractivity contribution in [1.82, 2.24) is 0 Å². The summed E-state index contributed by atoms with van der Waals surface area (Å²) in [5, 5.41) is 0. The van der Waals surface area contributed by atoms with Gasteiger partial charge in [0.2, 0.25) is 0 Å². The predicted octanol–water partition coefficient (Wildman–Crippen LogP) is 1.56. The number of esters is 1. The van der Waals surface area contributed by atoms with Gasteiger partial charge in [-0.25, -0.2) is 0 Å². The SMILES string of the molecule is CCc1cc(CC(=O)OC)co1. The highest BCUT2D eigenvalue weighted by atomic mass is 16.5. The molecule has 0 fully saturated rings. The number of rotatable bonds is 3. The van der Waals surface area contributed by atoms with E-state index < -0.39 is 0 Å². The van der Waals surface area contributed by atoms with E-state index in [0.29, 0.717) is 6.42 Å². The molecule has 0 bridgehead atoms. The lowest BCUT2D eigenvalue weighted by Gasteiger charge is -1.93. The van der Waals surface area contributed by atoms with Gasteiger partial charge in [-0.1, -0.05) is 6.92 Å². The van der Waals surface area contributed by atoms with Gasteiger partial charge in [0.05, 0.1) is 19.8 Å². The van der Waals surface area contributed by atoms with Crippen LogP contribution in [0.25, 0.3) is 0 Å². The topological polar surface area (TPSA) is 39.4 Å². The van der Waals surface area contributed by atoms with Crippen LogP contribution in [0.2, 0.25) is 0 Å². The van der Waals surface area contributed by atoms with E-state index in [9.17, 15) is 4.79 Å². The maximum Gasteiger partial charge on any atom is 0.310 e. The summed E-state index contributed by atoms with van der Waals surface area (Å²) in [5.74, 6) is 0.660. The third-order valence-electron chi connectivity index (χ3n) is 1.63. The first kappa shape index (κ1) is 8.84. The smallest absolute Gasteiger partial charge is 0.310 e. The van der Waals surface area contributed by atoms with Crippen LogP contribution in [0.5, 0.6) is 0 Å². The lowest BCUT2D eigenvalue weighted by Crippen LogP contribution is -2.03. The maximum atomic E-state index is 10.8. The molecule has 0 saturated carbocycles. The fraction of sp³-hybridized carbons (Fsp3) is 0.444. The molecule has 0 spiro atoms. The van der Waals surface area contributed by atoms with Gasteiger partial charge in [0.15, 0.2) is 0 Å². The Morgan fingerprint density at radius 3 is 2.92 bits per heavy atom. The van der Waals surface area contributed by atoms with Gasteiger partial charge in [0.25, 0.3) is 0 Å². The Hall–Kier alpha value is -1.25. The fourth-order valence-corrected chi connectivity index (χ4v) is 0.943. The monoisotopic (exact) mass is 168 g/mol. The summed E-state index contributed by atoms with van der Waals surface area (Å²) in [6.45, 7) is 2.00. The average Bonchev–Trinajstić information content (AvgIpc) is 2.52. The first-order valence-corrected chi connectivity index (χ1v) is 3.89. The van der Waals surface area contributed by atoms with Gasteiger partial charge in [-0.05, 0) is 6.07 Å². The van der Waals surface area contributed by atoms with Gasteiger partial charge >= 0.3 is 5.97 Å². The predicted molar refractivity (Wildman–Crippen MR) is 43.8 cm³/mol. The molecule has 66 valence electrons. The molecule has 0 unspecified atom stereocenters. The van der Waals surface area contributed by atoms with E-state index >= 15 is 0 Å². The van der Waals surface area contributed by atoms with Crippen LogP contribution < -0.4 is 0 Å². The zero-order chi connectivity index (χ0) is 8.97. The van der Waals surface area contributed by atoms with E-state index in [1.165, 1.54) is 7.11 Å². The Kier molecular flexibility index (Phi) is 2.91. The number of carbonyl (C=O) groups excluding carboxylic acids is 1. The quantitative estimate of drug-likeness (QED) is 0.643. The Labute approximate surface area is 71.3 Å². The fourth-order valence-electron chi connectivity index (χ4n) is 0.943. The Bertz CT molecular complexity index is 262. The molecule has 1 aromatic rings. The molecular formula is C9H12O3. The van der Waals surface area contributed by atoms with Crippen molar-refractivity contribution in [2.24, 2.45) is 0 Å². The van der Waals surface area contributed by atoms with Crippen molar-refractivity contribution in [1.29, 1.82) is 0 Å². The van der Waals surface area contributed by atoms with Gasteiger partial charge in [-0.15, -0.1) is 0 Å². The molecule has 3 heteroatoms. The zero-order valence-electron chi connectivity index (χ0n) is 7.29. The third-order valence-corrected chi connectivity index (χ3v) is 1.63. The minimum Gasteiger partial charge on any atom is -0.469 e. The van der Waals surface area contributed by atoms with Crippen LogP contribution >= 0.6 is 0 Å². The Morgan fingerprint density at radius 1 is 1.67 bits per heavy atom. The zero-order valence-corrected chi connectivity index (χ0v) is 7.29. The highest BCUT2D eigenvalue weighted by molar-refractivity contribution is 5.72. The number of aryl methyl sites for hydroxylation is 1. The van der Waals surface area contributed by atoms with E-state index in [0.717, 1.165) is 17.7 Å². The van der Waals surface area contributed by atoms with Crippen molar-refractivity contribution in [3.05, 3.63) is 23.7 Å². The van der Waals surface area contributed by atoms with E-state index in [1.807, 2.05) is 13.0 Å². The average molecular weight is 168 g/mol. The van der Waals surface area contributed by atoms with E-state index in [2.05, 4.69) is 4.74 Å². The van der Waals surface area contributed by atoms with Gasteiger partial charge in [-0.2, -0.15) is 0 Å². The third kappa shape index (κ3) is 2.12. The minimum atomic E-state index is -0.238. The second-order valence-electron chi connectivity index (χ2n) is 2.53. The van der Waals surface area contributed by atoms with E-state index in [1.54, 1.807) is 6.26 Å². The van der Waals surface area contributed by atoms with E-state index in [4.69, 9.17) is 4.42 Å². The largest absolute Gasteiger partial charge is 0.469 e. The molecule has 12 heavy (non-hydrogen) atoms. The van der Waals surface area contributed by atoms with Gasteiger partial charge in [0.1, 0.15) is 5.76 Å². The number of methoxy groups -OCH3 is 1. The molecule has 0 aliphatic carbocycles. The molecule has 0 aliphatic heterocycles. The molecule has 1 aromatic heterocycles. The van der Waals surface area contributed by atoms with Crippen LogP contribution in [0.15, 0.2) is 16.7 Å². The molecular weight excluding hydrogens is 156 g/mol. The van der Waals surface area contributed by atoms with Crippen LogP contribution in [0.4, 0.5) is 0 Å². The first-order chi connectivity index (χ1) is 5.76. The molecule has 0 radical (unpaired) electrons. The van der Waals surface area contributed by atoms with Crippen molar-refractivity contribution < 1.29 is 13.9 Å². The van der Waals surface area contributed by atoms with Crippen molar-refractivity contribution in [3.63, 3.8) is 0 Å². The van der Waals surface area contributed by atoms with Crippen LogP contribution in [0, 0.1) is 0 Å². The van der Waals surface area contributed by atoms with Crippen molar-refractivity contribution in [2.75, 3.05) is 7.11 Å². The van der Waals surface area contributed by atoms with Crippen molar-refractivity contribution in [2.45, 2.75) is 19.8 Å². The molecule has 0 atom stereocenters. The standard InChI is InChI=1S/C9H12O3/c1-3-8-4-7(6-12-8)5-9(10)11-2/h4,6H,3,5H2,1-2H3. The number of carbonyl (C=O) groups is 1. The molecule has 0 saturated heterocycles. The summed E-state index contributed by atoms with van der Waals surface area (Å²) in [7, 11) is 1.38.